The molecule has 0 N–H and O–H groups in total. The van der Waals surface area contributed by atoms with Crippen molar-refractivity contribution in [2.75, 3.05) is 0 Å². The molecule has 3 aromatic heterocycles. The molecule has 4 nitrogen and oxygen atoms in total. The summed E-state index contributed by atoms with van der Waals surface area (Å²) in [6.45, 7) is 1.14. The first-order valence-electron chi connectivity index (χ1n) is 5.95. The van der Waals surface area contributed by atoms with Gasteiger partial charge in [0.05, 0.1) is 11.3 Å². The zero-order valence-electron chi connectivity index (χ0n) is 9.45. The van der Waals surface area contributed by atoms with Gasteiger partial charge in [0.2, 0.25) is 6.33 Å². The minimum absolute atomic E-state index is 0.971. The molecule has 17 heavy (non-hydrogen) atoms. The lowest BCUT2D eigenvalue weighted by molar-refractivity contribution is -0.512. The van der Waals surface area contributed by atoms with E-state index in [1.165, 1.54) is 18.5 Å². The van der Waals surface area contributed by atoms with E-state index in [1.807, 2.05) is 39.8 Å². The van der Waals surface area contributed by atoms with Crippen LogP contribution in [0.3, 0.4) is 0 Å². The van der Waals surface area contributed by atoms with E-state index in [2.05, 4.69) is 21.9 Å². The summed E-state index contributed by atoms with van der Waals surface area (Å²) < 4.78 is 6.30. The molecule has 1 aliphatic rings. The van der Waals surface area contributed by atoms with Crippen LogP contribution >= 0.6 is 0 Å². The van der Waals surface area contributed by atoms with Crippen LogP contribution in [0.4, 0.5) is 0 Å². The molecule has 0 saturated heterocycles. The average Bonchev–Trinajstić information content (AvgIpc) is 3.01. The number of rotatable bonds is 1. The zero-order valence-corrected chi connectivity index (χ0v) is 9.45. The minimum atomic E-state index is 0.971. The number of aryl methyl sites for hydroxylation is 2. The summed E-state index contributed by atoms with van der Waals surface area (Å²) in [6, 6.07) is 8.27. The monoisotopic (exact) mass is 225 g/mol. The predicted octanol–water partition coefficient (Wildman–Crippen LogP) is 1.36. The Morgan fingerprint density at radius 1 is 1.29 bits per heavy atom. The minimum Gasteiger partial charge on any atom is -0.348 e. The molecular weight excluding hydrogens is 212 g/mol. The van der Waals surface area contributed by atoms with Gasteiger partial charge in [0.15, 0.2) is 5.69 Å². The van der Waals surface area contributed by atoms with Gasteiger partial charge in [-0.1, -0.05) is 10.7 Å². The van der Waals surface area contributed by atoms with Gasteiger partial charge in [-0.2, -0.15) is 0 Å². The molecule has 0 amide bonds. The normalized spacial score (nSPS) is 14.4. The molecule has 84 valence electrons. The van der Waals surface area contributed by atoms with Gasteiger partial charge in [-0.3, -0.25) is 0 Å². The lowest BCUT2D eigenvalue weighted by atomic mass is 10.3. The molecule has 0 spiro atoms. The van der Waals surface area contributed by atoms with Crippen LogP contribution in [0.5, 0.6) is 0 Å². The number of nitrogens with zero attached hydrogens (tertiary/aromatic N) is 4. The Balaban J connectivity index is 1.87. The van der Waals surface area contributed by atoms with Crippen molar-refractivity contribution in [2.45, 2.75) is 19.4 Å². The molecule has 4 heteroatoms. The van der Waals surface area contributed by atoms with E-state index in [1.54, 1.807) is 0 Å². The van der Waals surface area contributed by atoms with Crippen LogP contribution in [0, 0.1) is 0 Å². The summed E-state index contributed by atoms with van der Waals surface area (Å²) in [7, 11) is 0. The van der Waals surface area contributed by atoms with Gasteiger partial charge in [-0.25, -0.2) is 4.40 Å². The van der Waals surface area contributed by atoms with Crippen LogP contribution in [0.25, 0.3) is 11.3 Å². The van der Waals surface area contributed by atoms with Crippen molar-refractivity contribution in [3.8, 4) is 5.69 Å². The van der Waals surface area contributed by atoms with Crippen molar-refractivity contribution in [1.29, 1.82) is 0 Å². The first-order chi connectivity index (χ1) is 8.40. The molecule has 3 aromatic rings. The fourth-order valence-corrected chi connectivity index (χ4v) is 2.52. The summed E-state index contributed by atoms with van der Waals surface area (Å²) in [6.07, 6.45) is 8.68. The van der Waals surface area contributed by atoms with E-state index >= 15 is 0 Å². The van der Waals surface area contributed by atoms with Gasteiger partial charge in [0.25, 0.3) is 0 Å². The van der Waals surface area contributed by atoms with E-state index in [9.17, 15) is 0 Å². The predicted molar refractivity (Wildman–Crippen MR) is 63.0 cm³/mol. The highest BCUT2D eigenvalue weighted by Gasteiger charge is 2.17. The molecule has 0 unspecified atom stereocenters. The van der Waals surface area contributed by atoms with Gasteiger partial charge in [0, 0.05) is 30.6 Å². The largest absolute Gasteiger partial charge is 0.348 e. The molecule has 0 aliphatic carbocycles. The number of fused-ring (bicyclic) bond motifs is 2. The second-order valence-electron chi connectivity index (χ2n) is 4.51. The summed E-state index contributed by atoms with van der Waals surface area (Å²) in [5, 5.41) is 4.56. The maximum absolute atomic E-state index is 4.56. The number of hydrogen-bond donors (Lipinski definition) is 0. The molecule has 4 heterocycles. The van der Waals surface area contributed by atoms with Gasteiger partial charge in [0.1, 0.15) is 0 Å². The lowest BCUT2D eigenvalue weighted by Crippen LogP contribution is -2.16. The van der Waals surface area contributed by atoms with E-state index in [0.717, 1.165) is 17.9 Å². The molecular formula is C13H13N4+. The third-order valence-corrected chi connectivity index (χ3v) is 3.38. The van der Waals surface area contributed by atoms with Crippen molar-refractivity contribution in [3.05, 3.63) is 48.7 Å². The van der Waals surface area contributed by atoms with Gasteiger partial charge in [-0.15, -0.1) is 0 Å². The van der Waals surface area contributed by atoms with E-state index in [0.29, 0.717) is 0 Å². The van der Waals surface area contributed by atoms with Crippen LogP contribution in [0.2, 0.25) is 0 Å². The Kier molecular flexibility index (Phi) is 1.69. The third-order valence-electron chi connectivity index (χ3n) is 3.38. The third kappa shape index (κ3) is 1.30. The molecule has 0 radical (unpaired) electrons. The molecule has 0 saturated carbocycles. The Morgan fingerprint density at radius 2 is 2.29 bits per heavy atom. The summed E-state index contributed by atoms with van der Waals surface area (Å²) in [5.74, 6) is 0. The second kappa shape index (κ2) is 3.20. The average molecular weight is 225 g/mol. The molecule has 0 aromatic carbocycles. The Morgan fingerprint density at radius 3 is 3.18 bits per heavy atom. The quantitative estimate of drug-likeness (QED) is 0.574. The topological polar surface area (TPSA) is 26.9 Å². The summed E-state index contributed by atoms with van der Waals surface area (Å²) >= 11 is 0. The van der Waals surface area contributed by atoms with E-state index in [-0.39, 0.29) is 0 Å². The van der Waals surface area contributed by atoms with Gasteiger partial charge < -0.3 is 4.57 Å². The van der Waals surface area contributed by atoms with Gasteiger partial charge >= 0.3 is 5.65 Å². The fraction of sp³-hybridized carbons (Fsp3) is 0.231. The van der Waals surface area contributed by atoms with E-state index in [4.69, 9.17) is 0 Å². The van der Waals surface area contributed by atoms with Crippen LogP contribution < -0.4 is 4.40 Å². The number of pyridine rings is 1. The number of hydrogen-bond acceptors (Lipinski definition) is 1. The molecule has 0 atom stereocenters. The number of aromatic nitrogens is 4. The highest BCUT2D eigenvalue weighted by molar-refractivity contribution is 5.35. The zero-order chi connectivity index (χ0) is 11.2. The molecule has 4 rings (SSSR count). The molecule has 1 aliphatic heterocycles. The van der Waals surface area contributed by atoms with Crippen molar-refractivity contribution >= 4 is 5.65 Å². The Bertz CT molecular complexity index is 638. The van der Waals surface area contributed by atoms with Crippen molar-refractivity contribution in [1.82, 2.24) is 14.3 Å². The fourth-order valence-electron chi connectivity index (χ4n) is 2.52. The highest BCUT2D eigenvalue weighted by atomic mass is 15.4. The molecule has 0 fully saturated rings. The van der Waals surface area contributed by atoms with Crippen molar-refractivity contribution in [3.63, 3.8) is 0 Å². The van der Waals surface area contributed by atoms with Crippen molar-refractivity contribution < 1.29 is 4.40 Å². The Hall–Kier alpha value is -2.10. The summed E-state index contributed by atoms with van der Waals surface area (Å²) in [5.41, 5.74) is 3.55. The maximum Gasteiger partial charge on any atom is 0.306 e. The standard InChI is InChI=1S/C13H13N4/c1-2-6-16-10-17(14-13(16)5-1)12-8-11-4-3-7-15(11)9-12/h1-2,5-6,8-10H,3-4,7H2/q+1. The SMILES string of the molecule is c1cc[n+]2cn(-c3cc4n(c3)CCC4)nc2c1. The van der Waals surface area contributed by atoms with Crippen LogP contribution in [-0.4, -0.2) is 14.3 Å². The second-order valence-corrected chi connectivity index (χ2v) is 4.51. The molecule has 0 bridgehead atoms. The lowest BCUT2D eigenvalue weighted by Gasteiger charge is -1.90. The van der Waals surface area contributed by atoms with Crippen LogP contribution in [-0.2, 0) is 13.0 Å². The van der Waals surface area contributed by atoms with Gasteiger partial charge in [-0.05, 0) is 18.9 Å². The maximum atomic E-state index is 4.56. The Labute approximate surface area is 98.7 Å². The smallest absolute Gasteiger partial charge is 0.306 e. The van der Waals surface area contributed by atoms with Crippen LogP contribution in [0.15, 0.2) is 43.0 Å². The van der Waals surface area contributed by atoms with Crippen molar-refractivity contribution in [2.24, 2.45) is 0 Å². The highest BCUT2D eigenvalue weighted by Crippen LogP contribution is 2.20. The first kappa shape index (κ1) is 8.98. The van der Waals surface area contributed by atoms with E-state index < -0.39 is 0 Å². The first-order valence-corrected chi connectivity index (χ1v) is 5.95. The van der Waals surface area contributed by atoms with Crippen LogP contribution in [0.1, 0.15) is 12.1 Å². The summed E-state index contributed by atoms with van der Waals surface area (Å²) in [4.78, 5) is 0.